The van der Waals surface area contributed by atoms with E-state index in [-0.39, 0.29) is 5.78 Å². The van der Waals surface area contributed by atoms with Gasteiger partial charge in [-0.15, -0.1) is 0 Å². The molecule has 2 atom stereocenters. The molecule has 0 aliphatic heterocycles. The van der Waals surface area contributed by atoms with Gasteiger partial charge in [0.05, 0.1) is 6.04 Å². The minimum absolute atomic E-state index is 0.0547. The SMILES string of the molecule is CC(=O)C(C)NC(CCc1ccccc1)C(=O)O. The van der Waals surface area contributed by atoms with Gasteiger partial charge in [-0.25, -0.2) is 0 Å². The van der Waals surface area contributed by atoms with E-state index in [0.717, 1.165) is 5.56 Å². The van der Waals surface area contributed by atoms with Gasteiger partial charge in [-0.1, -0.05) is 30.3 Å². The van der Waals surface area contributed by atoms with Crippen molar-refractivity contribution in [3.05, 3.63) is 35.9 Å². The first-order valence-corrected chi connectivity index (χ1v) is 6.04. The van der Waals surface area contributed by atoms with Crippen LogP contribution >= 0.6 is 0 Å². The van der Waals surface area contributed by atoms with Gasteiger partial charge in [-0.05, 0) is 32.3 Å². The Kier molecular flexibility index (Phi) is 5.52. The van der Waals surface area contributed by atoms with E-state index in [9.17, 15) is 9.59 Å². The lowest BCUT2D eigenvalue weighted by Crippen LogP contribution is -2.45. The largest absolute Gasteiger partial charge is 0.480 e. The van der Waals surface area contributed by atoms with Crippen LogP contribution in [0, 0.1) is 0 Å². The van der Waals surface area contributed by atoms with Gasteiger partial charge in [0.15, 0.2) is 0 Å². The highest BCUT2D eigenvalue weighted by Gasteiger charge is 2.20. The second-order valence-electron chi connectivity index (χ2n) is 4.41. The number of carboxylic acid groups (broad SMARTS) is 1. The van der Waals surface area contributed by atoms with Crippen molar-refractivity contribution in [2.45, 2.75) is 38.8 Å². The summed E-state index contributed by atoms with van der Waals surface area (Å²) < 4.78 is 0. The fourth-order valence-electron chi connectivity index (χ4n) is 1.65. The van der Waals surface area contributed by atoms with E-state index in [2.05, 4.69) is 5.32 Å². The van der Waals surface area contributed by atoms with Crippen LogP contribution in [0.25, 0.3) is 0 Å². The molecule has 0 radical (unpaired) electrons. The van der Waals surface area contributed by atoms with Crippen LogP contribution in [0.4, 0.5) is 0 Å². The molecule has 0 bridgehead atoms. The Labute approximate surface area is 107 Å². The molecule has 2 unspecified atom stereocenters. The van der Waals surface area contributed by atoms with Crippen molar-refractivity contribution in [2.24, 2.45) is 0 Å². The number of carbonyl (C=O) groups is 2. The summed E-state index contributed by atoms with van der Waals surface area (Å²) in [5.41, 5.74) is 1.10. The van der Waals surface area contributed by atoms with Crippen molar-refractivity contribution in [2.75, 3.05) is 0 Å². The van der Waals surface area contributed by atoms with E-state index < -0.39 is 18.1 Å². The fraction of sp³-hybridized carbons (Fsp3) is 0.429. The van der Waals surface area contributed by atoms with Crippen molar-refractivity contribution in [1.82, 2.24) is 5.32 Å². The molecular formula is C14H19NO3. The zero-order chi connectivity index (χ0) is 13.5. The quantitative estimate of drug-likeness (QED) is 0.771. The lowest BCUT2D eigenvalue weighted by molar-refractivity contribution is -0.140. The molecule has 4 heteroatoms. The zero-order valence-corrected chi connectivity index (χ0v) is 10.7. The maximum atomic E-state index is 11.1. The minimum atomic E-state index is -0.918. The number of aryl methyl sites for hydroxylation is 1. The van der Waals surface area contributed by atoms with E-state index in [4.69, 9.17) is 5.11 Å². The topological polar surface area (TPSA) is 66.4 Å². The van der Waals surface area contributed by atoms with Crippen LogP contribution in [0.15, 0.2) is 30.3 Å². The first-order chi connectivity index (χ1) is 8.50. The fourth-order valence-corrected chi connectivity index (χ4v) is 1.65. The molecule has 0 amide bonds. The third-order valence-electron chi connectivity index (χ3n) is 2.92. The number of rotatable bonds is 7. The number of aliphatic carboxylic acids is 1. The van der Waals surface area contributed by atoms with Gasteiger partial charge in [0.1, 0.15) is 11.8 Å². The Morgan fingerprint density at radius 1 is 1.28 bits per heavy atom. The van der Waals surface area contributed by atoms with Crippen molar-refractivity contribution >= 4 is 11.8 Å². The number of Topliss-reactive ketones (excluding diaryl/α,β-unsaturated/α-hetero) is 1. The highest BCUT2D eigenvalue weighted by atomic mass is 16.4. The Bertz CT molecular complexity index is 403. The summed E-state index contributed by atoms with van der Waals surface area (Å²) in [5.74, 6) is -0.972. The van der Waals surface area contributed by atoms with Crippen LogP contribution in [0.5, 0.6) is 0 Å². The summed E-state index contributed by atoms with van der Waals surface area (Å²) in [6.45, 7) is 3.13. The second kappa shape index (κ2) is 6.91. The molecule has 0 fully saturated rings. The molecule has 0 aliphatic rings. The number of carbonyl (C=O) groups excluding carboxylic acids is 1. The lowest BCUT2D eigenvalue weighted by Gasteiger charge is -2.18. The third-order valence-corrected chi connectivity index (χ3v) is 2.92. The third kappa shape index (κ3) is 4.67. The Balaban J connectivity index is 2.53. The predicted octanol–water partition coefficient (Wildman–Crippen LogP) is 1.64. The maximum absolute atomic E-state index is 11.1. The zero-order valence-electron chi connectivity index (χ0n) is 10.7. The van der Waals surface area contributed by atoms with E-state index in [0.29, 0.717) is 12.8 Å². The number of hydrogen-bond donors (Lipinski definition) is 2. The van der Waals surface area contributed by atoms with Gasteiger partial charge in [0.2, 0.25) is 0 Å². The summed E-state index contributed by atoms with van der Waals surface area (Å²) in [4.78, 5) is 22.2. The van der Waals surface area contributed by atoms with Crippen LogP contribution in [0.2, 0.25) is 0 Å². The van der Waals surface area contributed by atoms with Gasteiger partial charge in [0.25, 0.3) is 0 Å². The monoisotopic (exact) mass is 249 g/mol. The molecule has 2 N–H and O–H groups in total. The highest BCUT2D eigenvalue weighted by Crippen LogP contribution is 2.06. The predicted molar refractivity (Wildman–Crippen MR) is 69.5 cm³/mol. The molecule has 1 rings (SSSR count). The Morgan fingerprint density at radius 2 is 1.89 bits per heavy atom. The van der Waals surface area contributed by atoms with E-state index >= 15 is 0 Å². The van der Waals surface area contributed by atoms with Crippen LogP contribution in [0.3, 0.4) is 0 Å². The summed E-state index contributed by atoms with van der Waals surface area (Å²) in [7, 11) is 0. The number of carboxylic acids is 1. The van der Waals surface area contributed by atoms with Gasteiger partial charge >= 0.3 is 5.97 Å². The Hall–Kier alpha value is -1.68. The molecule has 0 saturated heterocycles. The molecule has 0 spiro atoms. The van der Waals surface area contributed by atoms with Crippen LogP contribution in [-0.4, -0.2) is 28.9 Å². The maximum Gasteiger partial charge on any atom is 0.320 e. The molecule has 98 valence electrons. The van der Waals surface area contributed by atoms with Crippen molar-refractivity contribution in [1.29, 1.82) is 0 Å². The first kappa shape index (κ1) is 14.4. The molecule has 0 aromatic heterocycles. The lowest BCUT2D eigenvalue weighted by atomic mass is 10.0. The molecule has 1 aromatic carbocycles. The van der Waals surface area contributed by atoms with Crippen LogP contribution < -0.4 is 5.32 Å². The Morgan fingerprint density at radius 3 is 2.39 bits per heavy atom. The normalized spacial score (nSPS) is 13.9. The average molecular weight is 249 g/mol. The summed E-state index contributed by atoms with van der Waals surface area (Å²) in [5, 5.41) is 11.9. The molecule has 4 nitrogen and oxygen atoms in total. The summed E-state index contributed by atoms with van der Waals surface area (Å²) in [6.07, 6.45) is 1.15. The molecule has 0 saturated carbocycles. The smallest absolute Gasteiger partial charge is 0.320 e. The number of benzene rings is 1. The highest BCUT2D eigenvalue weighted by molar-refractivity contribution is 5.82. The van der Waals surface area contributed by atoms with Gasteiger partial charge in [-0.3, -0.25) is 14.9 Å². The second-order valence-corrected chi connectivity index (χ2v) is 4.41. The van der Waals surface area contributed by atoms with E-state index in [1.165, 1.54) is 6.92 Å². The van der Waals surface area contributed by atoms with E-state index in [1.807, 2.05) is 30.3 Å². The summed E-state index contributed by atoms with van der Waals surface area (Å²) in [6, 6.07) is 8.59. The van der Waals surface area contributed by atoms with Crippen molar-refractivity contribution in [3.8, 4) is 0 Å². The number of ketones is 1. The molecule has 0 heterocycles. The average Bonchev–Trinajstić information content (AvgIpc) is 2.34. The standard InChI is InChI=1S/C14H19NO3/c1-10(11(2)16)15-13(14(17)18)9-8-12-6-4-3-5-7-12/h3-7,10,13,15H,8-9H2,1-2H3,(H,17,18). The van der Waals surface area contributed by atoms with Crippen molar-refractivity contribution in [3.63, 3.8) is 0 Å². The first-order valence-electron chi connectivity index (χ1n) is 6.04. The number of hydrogen-bond acceptors (Lipinski definition) is 3. The van der Waals surface area contributed by atoms with Gasteiger partial charge in [0, 0.05) is 0 Å². The van der Waals surface area contributed by atoms with Crippen LogP contribution in [-0.2, 0) is 16.0 Å². The van der Waals surface area contributed by atoms with Crippen LogP contribution in [0.1, 0.15) is 25.8 Å². The minimum Gasteiger partial charge on any atom is -0.480 e. The van der Waals surface area contributed by atoms with Gasteiger partial charge in [-0.2, -0.15) is 0 Å². The molecule has 18 heavy (non-hydrogen) atoms. The van der Waals surface area contributed by atoms with Gasteiger partial charge < -0.3 is 5.11 Å². The summed E-state index contributed by atoms with van der Waals surface area (Å²) >= 11 is 0. The molecular weight excluding hydrogens is 230 g/mol. The molecule has 0 aliphatic carbocycles. The van der Waals surface area contributed by atoms with Crippen molar-refractivity contribution < 1.29 is 14.7 Å². The molecule has 1 aromatic rings. The van der Waals surface area contributed by atoms with E-state index in [1.54, 1.807) is 6.92 Å². The number of nitrogens with one attached hydrogen (secondary N) is 1.